The van der Waals surface area contributed by atoms with E-state index in [4.69, 9.17) is 0 Å². The second-order valence-electron chi connectivity index (χ2n) is 6.69. The average Bonchev–Trinajstić information content (AvgIpc) is 2.87. The van der Waals surface area contributed by atoms with E-state index in [0.717, 1.165) is 23.3 Å². The fourth-order valence-electron chi connectivity index (χ4n) is 2.97. The summed E-state index contributed by atoms with van der Waals surface area (Å²) < 4.78 is 13.3. The minimum absolute atomic E-state index is 0.0230. The second kappa shape index (κ2) is 7.58. The summed E-state index contributed by atoms with van der Waals surface area (Å²) >= 11 is 0. The Morgan fingerprint density at radius 3 is 2.65 bits per heavy atom. The van der Waals surface area contributed by atoms with Gasteiger partial charge in [0.1, 0.15) is 5.82 Å². The first kappa shape index (κ1) is 17.9. The number of hydrogen-bond donors (Lipinski definition) is 3. The van der Waals surface area contributed by atoms with E-state index in [9.17, 15) is 9.50 Å². The molecule has 136 valence electrons. The molecule has 3 aromatic rings. The van der Waals surface area contributed by atoms with Crippen LogP contribution in [0.5, 0.6) is 5.88 Å². The number of anilines is 1. The van der Waals surface area contributed by atoms with Gasteiger partial charge in [-0.1, -0.05) is 0 Å². The zero-order valence-electron chi connectivity index (χ0n) is 15.1. The minimum Gasteiger partial charge on any atom is -0.494 e. The third-order valence-electron chi connectivity index (χ3n) is 4.04. The maximum atomic E-state index is 13.3. The number of fused-ring (bicyclic) bond motifs is 1. The number of H-pyrrole nitrogens is 1. The lowest BCUT2D eigenvalue weighted by atomic mass is 10.2. The van der Waals surface area contributed by atoms with Gasteiger partial charge in [0.15, 0.2) is 5.88 Å². The summed E-state index contributed by atoms with van der Waals surface area (Å²) in [6, 6.07) is 12.4. The van der Waals surface area contributed by atoms with Gasteiger partial charge in [-0.15, -0.1) is 0 Å². The minimum atomic E-state index is -0.353. The predicted molar refractivity (Wildman–Crippen MR) is 105 cm³/mol. The first-order valence-corrected chi connectivity index (χ1v) is 8.48. The molecule has 0 spiro atoms. The molecule has 26 heavy (non-hydrogen) atoms. The van der Waals surface area contributed by atoms with Crippen molar-refractivity contribution in [3.05, 3.63) is 53.8 Å². The zero-order chi connectivity index (χ0) is 18.7. The summed E-state index contributed by atoms with van der Waals surface area (Å²) in [7, 11) is 4.09. The lowest BCUT2D eigenvalue weighted by Crippen LogP contribution is -2.29. The van der Waals surface area contributed by atoms with E-state index in [2.05, 4.69) is 27.1 Å². The smallest absolute Gasteiger partial charge is 0.198 e. The Balaban J connectivity index is 1.74. The molecule has 0 saturated heterocycles. The Morgan fingerprint density at radius 2 is 1.96 bits per heavy atom. The number of likely N-dealkylation sites (N-methyl/N-ethyl adjacent to an activating group) is 1. The Hall–Kier alpha value is -2.86. The SMILES string of the molecule is CC(CN(C)C)Nc1ccc(N=Cc2c(O)[nH]c3cc(F)ccc23)cc1. The highest BCUT2D eigenvalue weighted by Gasteiger charge is 2.09. The number of halogens is 1. The number of rotatable bonds is 6. The third-order valence-corrected chi connectivity index (χ3v) is 4.04. The van der Waals surface area contributed by atoms with Crippen LogP contribution in [0, 0.1) is 5.82 Å². The molecule has 1 heterocycles. The van der Waals surface area contributed by atoms with Gasteiger partial charge in [-0.05, 0) is 63.5 Å². The lowest BCUT2D eigenvalue weighted by Gasteiger charge is -2.19. The van der Waals surface area contributed by atoms with Crippen LogP contribution >= 0.6 is 0 Å². The van der Waals surface area contributed by atoms with Crippen LogP contribution in [0.1, 0.15) is 12.5 Å². The molecule has 0 aliphatic heterocycles. The van der Waals surface area contributed by atoms with E-state index in [-0.39, 0.29) is 11.7 Å². The molecule has 2 aromatic carbocycles. The summed E-state index contributed by atoms with van der Waals surface area (Å²) in [4.78, 5) is 9.31. The first-order valence-electron chi connectivity index (χ1n) is 8.48. The van der Waals surface area contributed by atoms with Crippen LogP contribution in [0.25, 0.3) is 10.9 Å². The van der Waals surface area contributed by atoms with Gasteiger partial charge < -0.3 is 20.3 Å². The number of aromatic amines is 1. The average molecular weight is 354 g/mol. The van der Waals surface area contributed by atoms with Gasteiger partial charge in [0, 0.05) is 29.9 Å². The molecule has 5 nitrogen and oxygen atoms in total. The van der Waals surface area contributed by atoms with E-state index in [1.165, 1.54) is 12.1 Å². The predicted octanol–water partition coefficient (Wildman–Crippen LogP) is 4.13. The Kier molecular flexibility index (Phi) is 5.23. The number of aliphatic imine (C=N–C) groups is 1. The van der Waals surface area contributed by atoms with E-state index in [1.807, 2.05) is 38.4 Å². The molecule has 0 aliphatic carbocycles. The summed E-state index contributed by atoms with van der Waals surface area (Å²) in [5.41, 5.74) is 2.88. The van der Waals surface area contributed by atoms with Crippen molar-refractivity contribution in [3.63, 3.8) is 0 Å². The Labute approximate surface area is 152 Å². The monoisotopic (exact) mass is 354 g/mol. The van der Waals surface area contributed by atoms with Crippen molar-refractivity contribution in [1.82, 2.24) is 9.88 Å². The van der Waals surface area contributed by atoms with Crippen LogP contribution in [0.4, 0.5) is 15.8 Å². The second-order valence-corrected chi connectivity index (χ2v) is 6.69. The van der Waals surface area contributed by atoms with Crippen LogP contribution in [0.2, 0.25) is 0 Å². The molecule has 3 N–H and O–H groups in total. The van der Waals surface area contributed by atoms with Crippen molar-refractivity contribution < 1.29 is 9.50 Å². The number of nitrogens with one attached hydrogen (secondary N) is 2. The molecule has 3 rings (SSSR count). The molecular formula is C20H23FN4O. The molecule has 0 amide bonds. The standard InChI is InChI=1S/C20H23FN4O/c1-13(12-25(2)3)23-16-7-5-15(6-8-16)22-11-18-17-9-4-14(21)10-19(17)24-20(18)26/h4-11,13,23-24,26H,12H2,1-3H3. The van der Waals surface area contributed by atoms with E-state index in [0.29, 0.717) is 17.1 Å². The van der Waals surface area contributed by atoms with Crippen LogP contribution in [0.3, 0.4) is 0 Å². The molecule has 0 saturated carbocycles. The molecule has 1 unspecified atom stereocenters. The Bertz CT molecular complexity index is 915. The molecule has 0 fully saturated rings. The van der Waals surface area contributed by atoms with Gasteiger partial charge in [0.25, 0.3) is 0 Å². The summed E-state index contributed by atoms with van der Waals surface area (Å²) in [5.74, 6) is -0.376. The van der Waals surface area contributed by atoms with Crippen molar-refractivity contribution in [3.8, 4) is 5.88 Å². The van der Waals surface area contributed by atoms with E-state index >= 15 is 0 Å². The van der Waals surface area contributed by atoms with Crippen molar-refractivity contribution in [2.24, 2.45) is 4.99 Å². The molecule has 1 atom stereocenters. The first-order chi connectivity index (χ1) is 12.4. The maximum Gasteiger partial charge on any atom is 0.198 e. The number of aromatic nitrogens is 1. The molecule has 0 bridgehead atoms. The third kappa shape index (κ3) is 4.21. The van der Waals surface area contributed by atoms with Crippen LogP contribution < -0.4 is 5.32 Å². The number of aromatic hydroxyl groups is 1. The summed E-state index contributed by atoms with van der Waals surface area (Å²) in [6.45, 7) is 3.08. The number of hydrogen-bond acceptors (Lipinski definition) is 4. The number of benzene rings is 2. The molecular weight excluding hydrogens is 331 g/mol. The maximum absolute atomic E-state index is 13.3. The fourth-order valence-corrected chi connectivity index (χ4v) is 2.97. The lowest BCUT2D eigenvalue weighted by molar-refractivity contribution is 0.392. The van der Waals surface area contributed by atoms with Gasteiger partial charge >= 0.3 is 0 Å². The van der Waals surface area contributed by atoms with Crippen LogP contribution in [0.15, 0.2) is 47.5 Å². The number of nitrogens with zero attached hydrogens (tertiary/aromatic N) is 2. The van der Waals surface area contributed by atoms with E-state index < -0.39 is 0 Å². The molecule has 0 radical (unpaired) electrons. The summed E-state index contributed by atoms with van der Waals surface area (Å²) in [6.07, 6.45) is 1.59. The molecule has 0 aliphatic rings. The van der Waals surface area contributed by atoms with Gasteiger partial charge in [0.2, 0.25) is 0 Å². The van der Waals surface area contributed by atoms with Gasteiger partial charge in [-0.3, -0.25) is 4.99 Å². The van der Waals surface area contributed by atoms with Crippen molar-refractivity contribution in [2.75, 3.05) is 26.0 Å². The van der Waals surface area contributed by atoms with Gasteiger partial charge in [-0.25, -0.2) is 4.39 Å². The van der Waals surface area contributed by atoms with Crippen molar-refractivity contribution >= 4 is 28.5 Å². The van der Waals surface area contributed by atoms with Crippen LogP contribution in [-0.2, 0) is 0 Å². The van der Waals surface area contributed by atoms with Gasteiger partial charge in [0.05, 0.1) is 16.8 Å². The molecule has 6 heteroatoms. The highest BCUT2D eigenvalue weighted by atomic mass is 19.1. The topological polar surface area (TPSA) is 63.6 Å². The summed E-state index contributed by atoms with van der Waals surface area (Å²) in [5, 5.41) is 14.2. The van der Waals surface area contributed by atoms with Crippen LogP contribution in [-0.4, -0.2) is 47.9 Å². The van der Waals surface area contributed by atoms with Gasteiger partial charge in [-0.2, -0.15) is 0 Å². The van der Waals surface area contributed by atoms with Crippen molar-refractivity contribution in [1.29, 1.82) is 0 Å². The van der Waals surface area contributed by atoms with E-state index in [1.54, 1.807) is 12.3 Å². The highest BCUT2D eigenvalue weighted by Crippen LogP contribution is 2.27. The largest absolute Gasteiger partial charge is 0.494 e. The Morgan fingerprint density at radius 1 is 1.23 bits per heavy atom. The normalized spacial score (nSPS) is 13.0. The van der Waals surface area contributed by atoms with Crippen molar-refractivity contribution in [2.45, 2.75) is 13.0 Å². The zero-order valence-corrected chi connectivity index (χ0v) is 15.1. The molecule has 1 aromatic heterocycles. The quantitative estimate of drug-likeness (QED) is 0.583. The highest BCUT2D eigenvalue weighted by molar-refractivity contribution is 6.02. The fraction of sp³-hybridized carbons (Fsp3) is 0.250.